The molecule has 0 aliphatic carbocycles. The van der Waals surface area contributed by atoms with E-state index in [-0.39, 0.29) is 6.17 Å². The van der Waals surface area contributed by atoms with Crippen molar-refractivity contribution in [3.05, 3.63) is 53.6 Å². The molecule has 74 valence electrons. The summed E-state index contributed by atoms with van der Waals surface area (Å²) < 4.78 is 2.13. The Bertz CT molecular complexity index is 502. The fourth-order valence-electron chi connectivity index (χ4n) is 1.85. The molecule has 0 radical (unpaired) electrons. The van der Waals surface area contributed by atoms with Gasteiger partial charge in [-0.1, -0.05) is 11.6 Å². The van der Waals surface area contributed by atoms with Crippen molar-refractivity contribution in [3.8, 4) is 0 Å². The summed E-state index contributed by atoms with van der Waals surface area (Å²) in [6.07, 6.45) is 10.0. The molecule has 3 heterocycles. The first-order valence-corrected chi connectivity index (χ1v) is 5.11. The standard InChI is InChI=1S/C11H9ClN3/c12-11-8(2-1-5-14-11)9-3-4-10-13-6-7-15(9)10/h1-7,10,13H/q+1. The van der Waals surface area contributed by atoms with Gasteiger partial charge in [0.25, 0.3) is 6.17 Å². The molecule has 15 heavy (non-hydrogen) atoms. The Kier molecular flexibility index (Phi) is 1.86. The summed E-state index contributed by atoms with van der Waals surface area (Å²) in [5.41, 5.74) is 2.05. The summed E-state index contributed by atoms with van der Waals surface area (Å²) >= 11 is 6.06. The Hall–Kier alpha value is -1.61. The van der Waals surface area contributed by atoms with Crippen LogP contribution in [0.4, 0.5) is 0 Å². The number of fused-ring (bicyclic) bond motifs is 1. The summed E-state index contributed by atoms with van der Waals surface area (Å²) in [4.78, 5) is 4.08. The summed E-state index contributed by atoms with van der Waals surface area (Å²) in [5, 5.41) is 3.75. The van der Waals surface area contributed by atoms with Gasteiger partial charge in [-0.2, -0.15) is 4.58 Å². The third-order valence-electron chi connectivity index (χ3n) is 2.55. The van der Waals surface area contributed by atoms with Crippen molar-refractivity contribution in [1.29, 1.82) is 0 Å². The smallest absolute Gasteiger partial charge is 0.251 e. The molecule has 2 aliphatic rings. The van der Waals surface area contributed by atoms with Crippen molar-refractivity contribution in [3.63, 3.8) is 0 Å². The number of rotatable bonds is 1. The summed E-state index contributed by atoms with van der Waals surface area (Å²) in [7, 11) is 0. The lowest BCUT2D eigenvalue weighted by Crippen LogP contribution is -2.26. The lowest BCUT2D eigenvalue weighted by Gasteiger charge is -2.00. The lowest BCUT2D eigenvalue weighted by molar-refractivity contribution is -0.475. The van der Waals surface area contributed by atoms with Gasteiger partial charge < -0.3 is 5.32 Å². The quantitative estimate of drug-likeness (QED) is 0.572. The second-order valence-corrected chi connectivity index (χ2v) is 3.78. The van der Waals surface area contributed by atoms with Crippen LogP contribution in [0, 0.1) is 0 Å². The highest BCUT2D eigenvalue weighted by Gasteiger charge is 2.30. The van der Waals surface area contributed by atoms with E-state index in [4.69, 9.17) is 11.6 Å². The number of hydrogen-bond acceptors (Lipinski definition) is 2. The van der Waals surface area contributed by atoms with Crippen LogP contribution in [0.3, 0.4) is 0 Å². The molecule has 1 aromatic rings. The molecule has 0 bridgehead atoms. The predicted octanol–water partition coefficient (Wildman–Crippen LogP) is 1.51. The first-order chi connectivity index (χ1) is 7.36. The molecule has 0 saturated carbocycles. The van der Waals surface area contributed by atoms with Gasteiger partial charge in [-0.3, -0.25) is 0 Å². The van der Waals surface area contributed by atoms with Gasteiger partial charge in [0.15, 0.2) is 6.20 Å². The van der Waals surface area contributed by atoms with Crippen LogP contribution in [0.2, 0.25) is 5.15 Å². The van der Waals surface area contributed by atoms with Gasteiger partial charge in [-0.05, 0) is 12.1 Å². The van der Waals surface area contributed by atoms with Crippen LogP contribution in [0.25, 0.3) is 0 Å². The summed E-state index contributed by atoms with van der Waals surface area (Å²) in [6.45, 7) is 0. The highest BCUT2D eigenvalue weighted by atomic mass is 35.5. The van der Waals surface area contributed by atoms with Crippen LogP contribution in [-0.4, -0.2) is 21.4 Å². The molecule has 0 amide bonds. The van der Waals surface area contributed by atoms with Crippen molar-refractivity contribution in [1.82, 2.24) is 10.3 Å². The van der Waals surface area contributed by atoms with E-state index < -0.39 is 0 Å². The Morgan fingerprint density at radius 3 is 3.27 bits per heavy atom. The number of halogens is 1. The van der Waals surface area contributed by atoms with E-state index in [9.17, 15) is 0 Å². The van der Waals surface area contributed by atoms with Gasteiger partial charge in [0.2, 0.25) is 5.71 Å². The molecule has 2 aliphatic heterocycles. The van der Waals surface area contributed by atoms with E-state index in [2.05, 4.69) is 27.0 Å². The fourth-order valence-corrected chi connectivity index (χ4v) is 2.06. The SMILES string of the molecule is Clc1ncccc1C1=[N+]2C=CNC2C=C1. The Morgan fingerprint density at radius 2 is 2.40 bits per heavy atom. The molecule has 0 saturated heterocycles. The number of allylic oxidation sites excluding steroid dienone is 1. The molecule has 1 atom stereocenters. The maximum Gasteiger partial charge on any atom is 0.251 e. The maximum atomic E-state index is 6.06. The van der Waals surface area contributed by atoms with Crippen LogP contribution >= 0.6 is 11.6 Å². The van der Waals surface area contributed by atoms with Crippen molar-refractivity contribution in [2.45, 2.75) is 6.17 Å². The van der Waals surface area contributed by atoms with Gasteiger partial charge in [-0.15, -0.1) is 0 Å². The number of nitrogens with one attached hydrogen (secondary N) is 1. The van der Waals surface area contributed by atoms with Crippen LogP contribution in [0.15, 0.2) is 42.9 Å². The predicted molar refractivity (Wildman–Crippen MR) is 58.8 cm³/mol. The van der Waals surface area contributed by atoms with E-state index in [0.29, 0.717) is 5.15 Å². The molecular weight excluding hydrogens is 210 g/mol. The van der Waals surface area contributed by atoms with Crippen molar-refractivity contribution in [2.24, 2.45) is 0 Å². The zero-order valence-electron chi connectivity index (χ0n) is 7.89. The largest absolute Gasteiger partial charge is 0.325 e. The monoisotopic (exact) mass is 218 g/mol. The number of hydrogen-bond donors (Lipinski definition) is 1. The van der Waals surface area contributed by atoms with Gasteiger partial charge in [0, 0.05) is 18.3 Å². The fraction of sp³-hybridized carbons (Fsp3) is 0.0909. The Labute approximate surface area is 92.4 Å². The molecule has 3 rings (SSSR count). The normalized spacial score (nSPS) is 22.1. The second-order valence-electron chi connectivity index (χ2n) is 3.42. The zero-order chi connectivity index (χ0) is 10.3. The van der Waals surface area contributed by atoms with E-state index in [0.717, 1.165) is 11.3 Å². The van der Waals surface area contributed by atoms with E-state index in [1.54, 1.807) is 6.20 Å². The minimum Gasteiger partial charge on any atom is -0.325 e. The van der Waals surface area contributed by atoms with E-state index in [1.165, 1.54) is 0 Å². The maximum absolute atomic E-state index is 6.06. The van der Waals surface area contributed by atoms with Gasteiger partial charge >= 0.3 is 0 Å². The van der Waals surface area contributed by atoms with Gasteiger partial charge in [-0.25, -0.2) is 4.98 Å². The topological polar surface area (TPSA) is 27.9 Å². The average molecular weight is 219 g/mol. The highest BCUT2D eigenvalue weighted by molar-refractivity contribution is 6.33. The molecule has 1 unspecified atom stereocenters. The molecule has 0 fully saturated rings. The van der Waals surface area contributed by atoms with Crippen molar-refractivity contribution >= 4 is 17.3 Å². The molecular formula is C11H9ClN3+. The second kappa shape index (κ2) is 3.21. The minimum absolute atomic E-state index is 0.233. The van der Waals surface area contributed by atoms with Crippen LogP contribution in [0.1, 0.15) is 5.56 Å². The Balaban J connectivity index is 2.16. The first-order valence-electron chi connectivity index (χ1n) is 4.73. The molecule has 4 heteroatoms. The molecule has 1 N–H and O–H groups in total. The van der Waals surface area contributed by atoms with E-state index in [1.807, 2.05) is 24.5 Å². The lowest BCUT2D eigenvalue weighted by atomic mass is 10.2. The van der Waals surface area contributed by atoms with Crippen LogP contribution < -0.4 is 5.32 Å². The molecule has 0 aromatic carbocycles. The van der Waals surface area contributed by atoms with Gasteiger partial charge in [0.1, 0.15) is 5.15 Å². The minimum atomic E-state index is 0.233. The summed E-state index contributed by atoms with van der Waals surface area (Å²) in [6, 6.07) is 3.87. The Morgan fingerprint density at radius 1 is 1.47 bits per heavy atom. The van der Waals surface area contributed by atoms with Crippen molar-refractivity contribution in [2.75, 3.05) is 0 Å². The van der Waals surface area contributed by atoms with Crippen LogP contribution in [-0.2, 0) is 0 Å². The third-order valence-corrected chi connectivity index (χ3v) is 2.85. The number of aromatic nitrogens is 1. The zero-order valence-corrected chi connectivity index (χ0v) is 8.65. The third kappa shape index (κ3) is 1.27. The number of pyridine rings is 1. The van der Waals surface area contributed by atoms with Gasteiger partial charge in [0.05, 0.1) is 11.8 Å². The van der Waals surface area contributed by atoms with E-state index >= 15 is 0 Å². The molecule has 3 nitrogen and oxygen atoms in total. The molecule has 1 aromatic heterocycles. The summed E-state index contributed by atoms with van der Waals surface area (Å²) in [5.74, 6) is 0. The molecule has 0 spiro atoms. The van der Waals surface area contributed by atoms with Crippen molar-refractivity contribution < 1.29 is 4.58 Å². The highest BCUT2D eigenvalue weighted by Crippen LogP contribution is 2.18. The van der Waals surface area contributed by atoms with Crippen LogP contribution in [0.5, 0.6) is 0 Å². The number of nitrogens with zero attached hydrogens (tertiary/aromatic N) is 2. The first kappa shape index (κ1) is 8.68. The average Bonchev–Trinajstić information content (AvgIpc) is 2.80.